The van der Waals surface area contributed by atoms with Crippen LogP contribution in [0.2, 0.25) is 0 Å². The van der Waals surface area contributed by atoms with E-state index in [1.165, 1.54) is 0 Å². The number of likely N-dealkylation sites (tertiary alicyclic amines) is 1. The first kappa shape index (κ1) is 14.0. The molecule has 2 heterocycles. The summed E-state index contributed by atoms with van der Waals surface area (Å²) in [5.74, 6) is -1.25. The highest BCUT2D eigenvalue weighted by Gasteiger charge is 2.53. The molecule has 2 fully saturated rings. The first-order valence-corrected chi connectivity index (χ1v) is 7.03. The number of carboxylic acids is 1. The summed E-state index contributed by atoms with van der Waals surface area (Å²) in [6.45, 7) is 0.691. The molecule has 114 valence electrons. The van der Waals surface area contributed by atoms with Crippen LogP contribution in [0.4, 0.5) is 0 Å². The lowest BCUT2D eigenvalue weighted by atomic mass is 9.91. The minimum absolute atomic E-state index is 0.00652. The third-order valence-corrected chi connectivity index (χ3v) is 4.59. The number of aliphatic hydroxyl groups excluding tert-OH is 1. The van der Waals surface area contributed by atoms with Crippen LogP contribution < -0.4 is 0 Å². The third-order valence-electron chi connectivity index (χ3n) is 4.59. The van der Waals surface area contributed by atoms with Crippen LogP contribution in [0.1, 0.15) is 30.9 Å². The van der Waals surface area contributed by atoms with Gasteiger partial charge in [-0.2, -0.15) is 15.4 Å². The van der Waals surface area contributed by atoms with E-state index in [-0.39, 0.29) is 30.8 Å². The van der Waals surface area contributed by atoms with Crippen molar-refractivity contribution in [3.05, 3.63) is 11.9 Å². The molecule has 1 aliphatic carbocycles. The van der Waals surface area contributed by atoms with Crippen LogP contribution in [0.25, 0.3) is 0 Å². The van der Waals surface area contributed by atoms with Gasteiger partial charge in [0.25, 0.3) is 0 Å². The average molecular weight is 294 g/mol. The number of H-pyrrole nitrogens is 1. The molecule has 0 radical (unpaired) electrons. The summed E-state index contributed by atoms with van der Waals surface area (Å²) in [4.78, 5) is 25.2. The quantitative estimate of drug-likeness (QED) is 0.679. The molecule has 1 saturated heterocycles. The van der Waals surface area contributed by atoms with Crippen molar-refractivity contribution < 1.29 is 19.8 Å². The third kappa shape index (κ3) is 2.51. The van der Waals surface area contributed by atoms with Gasteiger partial charge in [-0.25, -0.2) is 0 Å². The maximum Gasteiger partial charge on any atom is 0.303 e. The van der Waals surface area contributed by atoms with E-state index >= 15 is 0 Å². The van der Waals surface area contributed by atoms with Gasteiger partial charge in [0.15, 0.2) is 0 Å². The van der Waals surface area contributed by atoms with Crippen LogP contribution in [0, 0.1) is 11.3 Å². The van der Waals surface area contributed by atoms with Gasteiger partial charge in [-0.15, -0.1) is 0 Å². The van der Waals surface area contributed by atoms with Gasteiger partial charge in [-0.05, 0) is 18.8 Å². The molecule has 0 spiro atoms. The van der Waals surface area contributed by atoms with Crippen molar-refractivity contribution in [2.24, 2.45) is 11.3 Å². The van der Waals surface area contributed by atoms with Crippen molar-refractivity contribution in [3.8, 4) is 0 Å². The number of hydrogen-bond acceptors (Lipinski definition) is 5. The second-order valence-electron chi connectivity index (χ2n) is 6.01. The van der Waals surface area contributed by atoms with Crippen molar-refractivity contribution in [2.45, 2.75) is 25.2 Å². The van der Waals surface area contributed by atoms with Gasteiger partial charge in [-0.1, -0.05) is 0 Å². The van der Waals surface area contributed by atoms with Crippen LogP contribution in [0.3, 0.4) is 0 Å². The highest BCUT2D eigenvalue weighted by atomic mass is 16.4. The Balaban J connectivity index is 1.77. The number of amides is 1. The lowest BCUT2D eigenvalue weighted by Crippen LogP contribution is -2.37. The van der Waals surface area contributed by atoms with Crippen molar-refractivity contribution in [1.29, 1.82) is 0 Å². The smallest absolute Gasteiger partial charge is 0.303 e. The van der Waals surface area contributed by atoms with E-state index in [1.807, 2.05) is 0 Å². The predicted octanol–water partition coefficient (Wildman–Crippen LogP) is -0.406. The summed E-state index contributed by atoms with van der Waals surface area (Å²) in [6.07, 6.45) is 2.98. The Morgan fingerprint density at radius 3 is 2.71 bits per heavy atom. The van der Waals surface area contributed by atoms with Gasteiger partial charge < -0.3 is 15.1 Å². The van der Waals surface area contributed by atoms with E-state index < -0.39 is 11.4 Å². The lowest BCUT2D eigenvalue weighted by molar-refractivity contribution is -0.140. The number of carboxylic acid groups (broad SMARTS) is 1. The number of nitrogens with zero attached hydrogens (tertiary/aromatic N) is 3. The molecule has 3 N–H and O–H groups in total. The lowest BCUT2D eigenvalue weighted by Gasteiger charge is -2.21. The van der Waals surface area contributed by atoms with E-state index in [1.54, 1.807) is 11.1 Å². The fourth-order valence-electron chi connectivity index (χ4n) is 3.12. The maximum atomic E-state index is 12.5. The standard InChI is InChI=1S/C13H18N4O4/c18-7-13(1-2-13)12(21)17-5-8(3-11(19)20)9(6-17)10-4-14-16-15-10/h4,8-9,18H,1-3,5-7H2,(H,19,20)(H,14,15,16)/t8-,9+/m1/s1. The van der Waals surface area contributed by atoms with Gasteiger partial charge in [-0.3, -0.25) is 9.59 Å². The minimum Gasteiger partial charge on any atom is -0.481 e. The zero-order valence-corrected chi connectivity index (χ0v) is 11.5. The number of aromatic nitrogens is 3. The van der Waals surface area contributed by atoms with E-state index in [0.717, 1.165) is 0 Å². The van der Waals surface area contributed by atoms with E-state index in [4.69, 9.17) is 5.11 Å². The van der Waals surface area contributed by atoms with Crippen molar-refractivity contribution in [2.75, 3.05) is 19.7 Å². The number of carbonyl (C=O) groups is 2. The molecule has 1 amide bonds. The molecular formula is C13H18N4O4. The van der Waals surface area contributed by atoms with E-state index in [0.29, 0.717) is 31.6 Å². The molecule has 0 bridgehead atoms. The van der Waals surface area contributed by atoms with Crippen LogP contribution >= 0.6 is 0 Å². The second-order valence-corrected chi connectivity index (χ2v) is 6.01. The number of carbonyl (C=O) groups excluding carboxylic acids is 1. The highest BCUT2D eigenvalue weighted by molar-refractivity contribution is 5.86. The second kappa shape index (κ2) is 5.10. The Kier molecular flexibility index (Phi) is 3.40. The molecule has 2 aliphatic rings. The molecular weight excluding hydrogens is 276 g/mol. The van der Waals surface area contributed by atoms with Gasteiger partial charge in [0.2, 0.25) is 5.91 Å². The summed E-state index contributed by atoms with van der Waals surface area (Å²) in [6, 6.07) is 0. The van der Waals surface area contributed by atoms with Crippen LogP contribution in [-0.2, 0) is 9.59 Å². The number of rotatable bonds is 5. The Morgan fingerprint density at radius 1 is 1.43 bits per heavy atom. The fraction of sp³-hybridized carbons (Fsp3) is 0.692. The monoisotopic (exact) mass is 294 g/mol. The fourth-order valence-corrected chi connectivity index (χ4v) is 3.12. The van der Waals surface area contributed by atoms with Crippen LogP contribution in [0.15, 0.2) is 6.20 Å². The summed E-state index contributed by atoms with van der Waals surface area (Å²) < 4.78 is 0. The molecule has 1 aromatic heterocycles. The number of nitrogens with one attached hydrogen (secondary N) is 1. The topological polar surface area (TPSA) is 119 Å². The number of aliphatic carboxylic acids is 1. The molecule has 1 aliphatic heterocycles. The number of aliphatic hydroxyl groups is 1. The zero-order valence-electron chi connectivity index (χ0n) is 11.5. The van der Waals surface area contributed by atoms with Crippen molar-refractivity contribution >= 4 is 11.9 Å². The molecule has 21 heavy (non-hydrogen) atoms. The highest BCUT2D eigenvalue weighted by Crippen LogP contribution is 2.48. The van der Waals surface area contributed by atoms with Gasteiger partial charge in [0.05, 0.1) is 30.3 Å². The molecule has 3 rings (SSSR count). The van der Waals surface area contributed by atoms with E-state index in [9.17, 15) is 14.7 Å². The molecule has 0 aromatic carbocycles. The summed E-state index contributed by atoms with van der Waals surface area (Å²) in [5, 5.41) is 28.7. The summed E-state index contributed by atoms with van der Waals surface area (Å²) in [7, 11) is 0. The normalized spacial score (nSPS) is 26.8. The zero-order chi connectivity index (χ0) is 15.0. The van der Waals surface area contributed by atoms with Crippen molar-refractivity contribution in [1.82, 2.24) is 20.3 Å². The molecule has 1 aromatic rings. The predicted molar refractivity (Wildman–Crippen MR) is 70.2 cm³/mol. The number of aromatic amines is 1. The Labute approximate surface area is 121 Å². The molecule has 0 unspecified atom stereocenters. The first-order chi connectivity index (χ1) is 10.1. The maximum absolute atomic E-state index is 12.5. The van der Waals surface area contributed by atoms with Crippen molar-refractivity contribution in [3.63, 3.8) is 0 Å². The van der Waals surface area contributed by atoms with Gasteiger partial charge in [0, 0.05) is 19.0 Å². The van der Waals surface area contributed by atoms with Gasteiger partial charge in [0.1, 0.15) is 0 Å². The molecule has 2 atom stereocenters. The summed E-state index contributed by atoms with van der Waals surface area (Å²) >= 11 is 0. The van der Waals surface area contributed by atoms with Crippen LogP contribution in [0.5, 0.6) is 0 Å². The SMILES string of the molecule is O=C(O)C[C@@H]1CN(C(=O)C2(CO)CC2)C[C@@H]1c1cn[nH]n1. The Hall–Kier alpha value is -1.96. The molecule has 1 saturated carbocycles. The average Bonchev–Trinajstić information content (AvgIpc) is 2.87. The summed E-state index contributed by atoms with van der Waals surface area (Å²) in [5.41, 5.74) is 0.0670. The van der Waals surface area contributed by atoms with Crippen LogP contribution in [-0.4, -0.2) is 62.1 Å². The Morgan fingerprint density at radius 2 is 2.19 bits per heavy atom. The number of hydrogen-bond donors (Lipinski definition) is 3. The minimum atomic E-state index is -0.883. The van der Waals surface area contributed by atoms with Gasteiger partial charge >= 0.3 is 5.97 Å². The molecule has 8 heteroatoms. The van der Waals surface area contributed by atoms with E-state index in [2.05, 4.69) is 15.4 Å². The molecule has 8 nitrogen and oxygen atoms in total. The Bertz CT molecular complexity index is 540. The first-order valence-electron chi connectivity index (χ1n) is 7.03. The largest absolute Gasteiger partial charge is 0.481 e.